The first kappa shape index (κ1) is 9.70. The number of rotatable bonds is 3. The quantitative estimate of drug-likeness (QED) is 0.465. The summed E-state index contributed by atoms with van der Waals surface area (Å²) >= 11 is 10.7. The first-order valence-electron chi connectivity index (χ1n) is 2.78. The highest BCUT2D eigenvalue weighted by Gasteiger charge is 2.27. The topological polar surface area (TPSA) is 36.9 Å². The van der Waals surface area contributed by atoms with Crippen LogP contribution in [0.3, 0.4) is 0 Å². The third kappa shape index (κ3) is 4.25. The van der Waals surface area contributed by atoms with Crippen molar-refractivity contribution in [3.8, 4) is 0 Å². The highest BCUT2D eigenvalue weighted by molar-refractivity contribution is 6.57. The largest absolute Gasteiger partial charge is 0.611 e. The van der Waals surface area contributed by atoms with E-state index in [0.717, 1.165) is 15.4 Å². The zero-order valence-corrected chi connectivity index (χ0v) is 6.92. The van der Waals surface area contributed by atoms with E-state index in [2.05, 4.69) is 13.7 Å². The van der Waals surface area contributed by atoms with Crippen molar-refractivity contribution in [2.45, 2.75) is 4.84 Å². The molecule has 0 aromatic heterocycles. The van der Waals surface area contributed by atoms with Crippen LogP contribution in [-0.4, -0.2) is 34.1 Å². The summed E-state index contributed by atoms with van der Waals surface area (Å²) in [6.45, 7) is 0.134. The highest BCUT2D eigenvalue weighted by atomic mass is 35.5. The molecule has 0 N–H and O–H groups in total. The summed E-state index contributed by atoms with van der Waals surface area (Å²) in [7, 11) is 1.36. The molecular weight excluding hydrogens is 191 g/mol. The number of hydrogen-bond donors (Lipinski definition) is 0. The van der Waals surface area contributed by atoms with Gasteiger partial charge in [0.25, 0.3) is 0 Å². The van der Waals surface area contributed by atoms with Gasteiger partial charge in [-0.2, -0.15) is 0 Å². The predicted molar refractivity (Wildman–Crippen MR) is 42.0 cm³/mol. The standard InChI is InChI=1S/C2H3B3Cl2O4/c6-2(7)1-8-5-10-3-9-4-11-5/h2H,1H2. The molecule has 9 heteroatoms. The van der Waals surface area contributed by atoms with Crippen LogP contribution in [0.25, 0.3) is 0 Å². The van der Waals surface area contributed by atoms with Gasteiger partial charge in [0.15, 0.2) is 0 Å². The van der Waals surface area contributed by atoms with Crippen LogP contribution < -0.4 is 0 Å². The molecule has 1 fully saturated rings. The molecule has 1 rings (SSSR count). The second-order valence-corrected chi connectivity index (χ2v) is 2.89. The summed E-state index contributed by atoms with van der Waals surface area (Å²) in [6, 6.07) is 0. The molecule has 0 atom stereocenters. The van der Waals surface area contributed by atoms with Crippen molar-refractivity contribution < 1.29 is 18.4 Å². The van der Waals surface area contributed by atoms with E-state index in [0.29, 0.717) is 0 Å². The first-order valence-corrected chi connectivity index (χ1v) is 3.66. The van der Waals surface area contributed by atoms with E-state index in [4.69, 9.17) is 27.9 Å². The van der Waals surface area contributed by atoms with Gasteiger partial charge in [-0.1, -0.05) is 0 Å². The van der Waals surface area contributed by atoms with Gasteiger partial charge in [0, 0.05) is 0 Å². The summed E-state index contributed by atoms with van der Waals surface area (Å²) in [5.74, 6) is 0. The second kappa shape index (κ2) is 5.29. The Hall–Kier alpha value is 0.615. The smallest absolute Gasteiger partial charge is 0.457 e. The van der Waals surface area contributed by atoms with Crippen molar-refractivity contribution in [3.05, 3.63) is 0 Å². The molecule has 0 saturated carbocycles. The lowest BCUT2D eigenvalue weighted by Crippen LogP contribution is -2.38. The van der Waals surface area contributed by atoms with E-state index < -0.39 is 12.2 Å². The fourth-order valence-corrected chi connectivity index (χ4v) is 0.585. The molecule has 0 aromatic carbocycles. The number of hydrogen-bond acceptors (Lipinski definition) is 4. The normalized spacial score (nSPS) is 17.9. The molecule has 1 aliphatic heterocycles. The predicted octanol–water partition coefficient (Wildman–Crippen LogP) is -0.0766. The lowest BCUT2D eigenvalue weighted by molar-refractivity contribution is 0.180. The molecular formula is C2H3B3Cl2O4. The maximum absolute atomic E-state index is 5.37. The minimum Gasteiger partial charge on any atom is -0.457 e. The van der Waals surface area contributed by atoms with Gasteiger partial charge in [-0.25, -0.2) is 0 Å². The van der Waals surface area contributed by atoms with Gasteiger partial charge < -0.3 is 18.4 Å². The van der Waals surface area contributed by atoms with E-state index in [1.54, 1.807) is 0 Å². The summed E-state index contributed by atoms with van der Waals surface area (Å²) in [5.41, 5.74) is 0. The van der Waals surface area contributed by atoms with E-state index >= 15 is 0 Å². The van der Waals surface area contributed by atoms with Gasteiger partial charge >= 0.3 is 22.7 Å². The summed E-state index contributed by atoms with van der Waals surface area (Å²) in [5, 5.41) is 0. The van der Waals surface area contributed by atoms with Crippen molar-refractivity contribution in [3.63, 3.8) is 0 Å². The number of halogens is 2. The van der Waals surface area contributed by atoms with Crippen LogP contribution in [0.5, 0.6) is 0 Å². The SMILES string of the molecule is ClC(Cl)COB1O[B]O[B]O1. The van der Waals surface area contributed by atoms with Gasteiger partial charge in [0.05, 0.1) is 6.61 Å². The summed E-state index contributed by atoms with van der Waals surface area (Å²) in [4.78, 5) is -0.593. The van der Waals surface area contributed by atoms with E-state index in [-0.39, 0.29) is 6.61 Å². The third-order valence-electron chi connectivity index (χ3n) is 0.803. The van der Waals surface area contributed by atoms with Crippen molar-refractivity contribution in [2.75, 3.05) is 6.61 Å². The molecule has 4 nitrogen and oxygen atoms in total. The van der Waals surface area contributed by atoms with E-state index in [1.807, 2.05) is 0 Å². The maximum atomic E-state index is 5.37. The molecule has 0 amide bonds. The minimum atomic E-state index is -0.816. The van der Waals surface area contributed by atoms with Crippen LogP contribution in [0.2, 0.25) is 0 Å². The van der Waals surface area contributed by atoms with Crippen LogP contribution in [0, 0.1) is 0 Å². The minimum absolute atomic E-state index is 0.134. The molecule has 58 valence electrons. The first-order chi connectivity index (χ1) is 5.29. The lowest BCUT2D eigenvalue weighted by atomic mass is 10.1. The molecule has 0 spiro atoms. The van der Waals surface area contributed by atoms with Gasteiger partial charge in [0.2, 0.25) is 0 Å². The Morgan fingerprint density at radius 2 is 2.00 bits per heavy atom. The zero-order valence-electron chi connectivity index (χ0n) is 5.41. The molecule has 1 heterocycles. The Morgan fingerprint density at radius 1 is 1.36 bits per heavy atom. The van der Waals surface area contributed by atoms with Crippen LogP contribution in [0.15, 0.2) is 0 Å². The van der Waals surface area contributed by atoms with Crippen LogP contribution >= 0.6 is 23.2 Å². The highest BCUT2D eigenvalue weighted by Crippen LogP contribution is 2.04. The van der Waals surface area contributed by atoms with Gasteiger partial charge in [-0.05, 0) is 0 Å². The van der Waals surface area contributed by atoms with Crippen LogP contribution in [-0.2, 0) is 18.4 Å². The van der Waals surface area contributed by atoms with Crippen molar-refractivity contribution in [2.24, 2.45) is 0 Å². The molecule has 2 radical (unpaired) electrons. The Bertz CT molecular complexity index is 110. The molecule has 0 aromatic rings. The van der Waals surface area contributed by atoms with Crippen molar-refractivity contribution in [1.29, 1.82) is 0 Å². The molecule has 1 saturated heterocycles. The average molecular weight is 194 g/mol. The Morgan fingerprint density at radius 3 is 2.55 bits per heavy atom. The van der Waals surface area contributed by atoms with Crippen LogP contribution in [0.1, 0.15) is 0 Å². The molecule has 1 aliphatic rings. The molecule has 11 heavy (non-hydrogen) atoms. The second-order valence-electron chi connectivity index (χ2n) is 1.61. The number of alkyl halides is 2. The maximum Gasteiger partial charge on any atom is 0.611 e. The molecule has 0 bridgehead atoms. The van der Waals surface area contributed by atoms with E-state index in [1.165, 1.54) is 0 Å². The third-order valence-corrected chi connectivity index (χ3v) is 1.05. The van der Waals surface area contributed by atoms with Gasteiger partial charge in [-0.15, -0.1) is 23.2 Å². The summed E-state index contributed by atoms with van der Waals surface area (Å²) in [6.07, 6.45) is 0. The van der Waals surface area contributed by atoms with E-state index in [9.17, 15) is 0 Å². The van der Waals surface area contributed by atoms with Gasteiger partial charge in [-0.3, -0.25) is 0 Å². The van der Waals surface area contributed by atoms with Crippen molar-refractivity contribution in [1.82, 2.24) is 0 Å². The lowest BCUT2D eigenvalue weighted by Gasteiger charge is -2.17. The fraction of sp³-hybridized carbons (Fsp3) is 1.00. The Labute approximate surface area is 76.2 Å². The average Bonchev–Trinajstić information content (AvgIpc) is 2.03. The molecule has 0 unspecified atom stereocenters. The van der Waals surface area contributed by atoms with Crippen molar-refractivity contribution >= 4 is 45.9 Å². The monoisotopic (exact) mass is 194 g/mol. The summed E-state index contributed by atoms with van der Waals surface area (Å²) < 4.78 is 18.7. The Balaban J connectivity index is 2.05. The Kier molecular flexibility index (Phi) is 4.67. The molecule has 0 aliphatic carbocycles. The zero-order chi connectivity index (χ0) is 8.10. The van der Waals surface area contributed by atoms with Gasteiger partial charge in [0.1, 0.15) is 4.84 Å². The fourth-order valence-electron chi connectivity index (χ4n) is 0.440. The van der Waals surface area contributed by atoms with Crippen LogP contribution in [0.4, 0.5) is 0 Å².